The molecular weight excluding hydrogens is 304 g/mol. The molecule has 1 fully saturated rings. The SMILES string of the molecule is CCSc1ccccc1C(=O)N1CCN(c2ccccc2)CC1. The number of carbonyl (C=O) groups excluding carboxylic acids is 1. The summed E-state index contributed by atoms with van der Waals surface area (Å²) in [6.07, 6.45) is 0. The predicted octanol–water partition coefficient (Wildman–Crippen LogP) is 3.76. The topological polar surface area (TPSA) is 23.6 Å². The smallest absolute Gasteiger partial charge is 0.255 e. The summed E-state index contributed by atoms with van der Waals surface area (Å²) >= 11 is 1.73. The minimum Gasteiger partial charge on any atom is -0.368 e. The Morgan fingerprint density at radius 1 is 0.957 bits per heavy atom. The fourth-order valence-corrected chi connectivity index (χ4v) is 3.70. The van der Waals surface area contributed by atoms with Crippen molar-refractivity contribution in [1.29, 1.82) is 0 Å². The molecule has 3 nitrogen and oxygen atoms in total. The Balaban J connectivity index is 1.67. The molecule has 4 heteroatoms. The predicted molar refractivity (Wildman–Crippen MR) is 97.4 cm³/mol. The fraction of sp³-hybridized carbons (Fsp3) is 0.316. The van der Waals surface area contributed by atoms with E-state index in [2.05, 4.69) is 36.1 Å². The number of anilines is 1. The van der Waals surface area contributed by atoms with Gasteiger partial charge in [0.05, 0.1) is 5.56 Å². The van der Waals surface area contributed by atoms with Crippen molar-refractivity contribution in [3.8, 4) is 0 Å². The molecule has 1 aliphatic rings. The van der Waals surface area contributed by atoms with Crippen LogP contribution in [0.25, 0.3) is 0 Å². The van der Waals surface area contributed by atoms with Crippen molar-refractivity contribution < 1.29 is 4.79 Å². The van der Waals surface area contributed by atoms with Gasteiger partial charge in [-0.2, -0.15) is 0 Å². The van der Waals surface area contributed by atoms with Crippen LogP contribution in [0.4, 0.5) is 5.69 Å². The number of rotatable bonds is 4. The maximum atomic E-state index is 12.8. The van der Waals surface area contributed by atoms with Crippen molar-refractivity contribution >= 4 is 23.4 Å². The minimum atomic E-state index is 0.161. The van der Waals surface area contributed by atoms with Gasteiger partial charge in [0.1, 0.15) is 0 Å². The van der Waals surface area contributed by atoms with Crippen LogP contribution >= 0.6 is 11.8 Å². The summed E-state index contributed by atoms with van der Waals surface area (Å²) in [5, 5.41) is 0. The van der Waals surface area contributed by atoms with E-state index in [9.17, 15) is 4.79 Å². The van der Waals surface area contributed by atoms with E-state index in [0.717, 1.165) is 42.4 Å². The van der Waals surface area contributed by atoms with E-state index >= 15 is 0 Å². The second kappa shape index (κ2) is 7.55. The minimum absolute atomic E-state index is 0.161. The van der Waals surface area contributed by atoms with Gasteiger partial charge in [0.15, 0.2) is 0 Å². The van der Waals surface area contributed by atoms with E-state index in [1.807, 2.05) is 35.2 Å². The maximum Gasteiger partial charge on any atom is 0.255 e. The number of nitrogens with zero attached hydrogens (tertiary/aromatic N) is 2. The number of carbonyl (C=O) groups is 1. The van der Waals surface area contributed by atoms with Crippen LogP contribution in [0.1, 0.15) is 17.3 Å². The van der Waals surface area contributed by atoms with Crippen molar-refractivity contribution in [2.45, 2.75) is 11.8 Å². The van der Waals surface area contributed by atoms with Gasteiger partial charge >= 0.3 is 0 Å². The lowest BCUT2D eigenvalue weighted by molar-refractivity contribution is 0.0743. The van der Waals surface area contributed by atoms with Crippen LogP contribution in [0, 0.1) is 0 Å². The quantitative estimate of drug-likeness (QED) is 0.799. The Morgan fingerprint density at radius 2 is 1.61 bits per heavy atom. The monoisotopic (exact) mass is 326 g/mol. The van der Waals surface area contributed by atoms with Crippen molar-refractivity contribution in [2.75, 3.05) is 36.8 Å². The third kappa shape index (κ3) is 3.70. The van der Waals surface area contributed by atoms with E-state index in [1.54, 1.807) is 11.8 Å². The molecule has 2 aromatic rings. The highest BCUT2D eigenvalue weighted by Crippen LogP contribution is 2.24. The number of amides is 1. The standard InChI is InChI=1S/C19H22N2OS/c1-2-23-18-11-7-6-10-17(18)19(22)21-14-12-20(13-15-21)16-8-4-3-5-9-16/h3-11H,2,12-15H2,1H3. The van der Waals surface area contributed by atoms with Crippen molar-refractivity contribution in [3.63, 3.8) is 0 Å². The van der Waals surface area contributed by atoms with Gasteiger partial charge < -0.3 is 9.80 Å². The van der Waals surface area contributed by atoms with Gasteiger partial charge in [-0.05, 0) is 30.0 Å². The summed E-state index contributed by atoms with van der Waals surface area (Å²) in [4.78, 5) is 18.2. The molecule has 120 valence electrons. The van der Waals surface area contributed by atoms with Crippen LogP contribution in [0.15, 0.2) is 59.5 Å². The summed E-state index contributed by atoms with van der Waals surface area (Å²) < 4.78 is 0. The van der Waals surface area contributed by atoms with E-state index in [0.29, 0.717) is 0 Å². The summed E-state index contributed by atoms with van der Waals surface area (Å²) in [5.41, 5.74) is 2.08. The van der Waals surface area contributed by atoms with Crippen LogP contribution in [0.5, 0.6) is 0 Å². The Labute approximate surface area is 142 Å². The zero-order valence-corrected chi connectivity index (χ0v) is 14.3. The van der Waals surface area contributed by atoms with E-state index in [4.69, 9.17) is 0 Å². The molecule has 1 heterocycles. The number of thioether (sulfide) groups is 1. The van der Waals surface area contributed by atoms with E-state index in [1.165, 1.54) is 5.69 Å². The fourth-order valence-electron chi connectivity index (χ4n) is 2.90. The first kappa shape index (κ1) is 15.9. The lowest BCUT2D eigenvalue weighted by Gasteiger charge is -2.36. The molecule has 2 aromatic carbocycles. The summed E-state index contributed by atoms with van der Waals surface area (Å²) in [6.45, 7) is 5.44. The van der Waals surface area contributed by atoms with Crippen molar-refractivity contribution in [2.24, 2.45) is 0 Å². The van der Waals surface area contributed by atoms with Gasteiger partial charge in [-0.25, -0.2) is 0 Å². The van der Waals surface area contributed by atoms with Crippen LogP contribution in [-0.4, -0.2) is 42.7 Å². The number of benzene rings is 2. The zero-order chi connectivity index (χ0) is 16.1. The lowest BCUT2D eigenvalue weighted by atomic mass is 10.1. The molecule has 0 aliphatic carbocycles. The number of piperazine rings is 1. The van der Waals surface area contributed by atoms with Crippen LogP contribution in [-0.2, 0) is 0 Å². The molecule has 0 unspecified atom stereocenters. The average Bonchev–Trinajstić information content (AvgIpc) is 2.63. The molecule has 0 aromatic heterocycles. The molecular formula is C19H22N2OS. The molecule has 0 bridgehead atoms. The maximum absolute atomic E-state index is 12.8. The van der Waals surface area contributed by atoms with Crippen molar-refractivity contribution in [1.82, 2.24) is 4.90 Å². The Morgan fingerprint density at radius 3 is 2.30 bits per heavy atom. The second-order valence-electron chi connectivity index (χ2n) is 5.54. The van der Waals surface area contributed by atoms with Gasteiger partial charge in [0.25, 0.3) is 5.91 Å². The normalized spacial score (nSPS) is 14.8. The number of hydrogen-bond donors (Lipinski definition) is 0. The molecule has 0 spiro atoms. The largest absolute Gasteiger partial charge is 0.368 e. The highest BCUT2D eigenvalue weighted by atomic mass is 32.2. The summed E-state index contributed by atoms with van der Waals surface area (Å²) in [7, 11) is 0. The van der Waals surface area contributed by atoms with Crippen molar-refractivity contribution in [3.05, 3.63) is 60.2 Å². The van der Waals surface area contributed by atoms with E-state index in [-0.39, 0.29) is 5.91 Å². The zero-order valence-electron chi connectivity index (χ0n) is 13.4. The lowest BCUT2D eigenvalue weighted by Crippen LogP contribution is -2.48. The van der Waals surface area contributed by atoms with Crippen LogP contribution in [0.2, 0.25) is 0 Å². The molecule has 23 heavy (non-hydrogen) atoms. The highest BCUT2D eigenvalue weighted by Gasteiger charge is 2.23. The first-order chi connectivity index (χ1) is 11.3. The molecule has 0 saturated carbocycles. The summed E-state index contributed by atoms with van der Waals surface area (Å²) in [6, 6.07) is 18.4. The van der Waals surface area contributed by atoms with Crippen LogP contribution in [0.3, 0.4) is 0 Å². The average molecular weight is 326 g/mol. The molecule has 1 amide bonds. The second-order valence-corrected chi connectivity index (χ2v) is 6.85. The van der Waals surface area contributed by atoms with Gasteiger partial charge in [-0.1, -0.05) is 37.3 Å². The first-order valence-electron chi connectivity index (χ1n) is 8.10. The Bertz CT molecular complexity index is 651. The van der Waals surface area contributed by atoms with E-state index < -0.39 is 0 Å². The number of hydrogen-bond acceptors (Lipinski definition) is 3. The van der Waals surface area contributed by atoms with Gasteiger partial charge in [0, 0.05) is 36.8 Å². The Kier molecular flexibility index (Phi) is 5.23. The van der Waals surface area contributed by atoms with Gasteiger partial charge in [-0.3, -0.25) is 4.79 Å². The molecule has 3 rings (SSSR count). The molecule has 0 radical (unpaired) electrons. The molecule has 1 aliphatic heterocycles. The van der Waals surface area contributed by atoms with Gasteiger partial charge in [0.2, 0.25) is 0 Å². The summed E-state index contributed by atoms with van der Waals surface area (Å²) in [5.74, 6) is 1.14. The highest BCUT2D eigenvalue weighted by molar-refractivity contribution is 7.99. The molecule has 1 saturated heterocycles. The first-order valence-corrected chi connectivity index (χ1v) is 9.09. The number of para-hydroxylation sites is 1. The van der Waals surface area contributed by atoms with Gasteiger partial charge in [-0.15, -0.1) is 11.8 Å². The Hall–Kier alpha value is -1.94. The third-order valence-corrected chi connectivity index (χ3v) is 5.06. The third-order valence-electron chi connectivity index (χ3n) is 4.11. The molecule has 0 atom stereocenters. The van der Waals surface area contributed by atoms with Crippen LogP contribution < -0.4 is 4.90 Å². The molecule has 0 N–H and O–H groups in total.